The molecule has 1 aliphatic heterocycles. The first-order valence-corrected chi connectivity index (χ1v) is 14.0. The molecule has 1 heteroatoms. The Bertz CT molecular complexity index is 662. The monoisotopic (exact) mass is 428 g/mol. The van der Waals surface area contributed by atoms with Crippen molar-refractivity contribution in [2.75, 3.05) is 0 Å². The summed E-state index contributed by atoms with van der Waals surface area (Å²) in [5.74, 6) is 3.22. The second kappa shape index (κ2) is 6.76. The Morgan fingerprint density at radius 2 is 0.839 bits per heavy atom. The molecule has 0 spiro atoms. The summed E-state index contributed by atoms with van der Waals surface area (Å²) in [6.07, 6.45) is 16.7. The van der Waals surface area contributed by atoms with Crippen molar-refractivity contribution < 1.29 is 4.74 Å². The maximum atomic E-state index is 7.56. The molecule has 8 atom stereocenters. The predicted molar refractivity (Wildman–Crippen MR) is 131 cm³/mol. The third-order valence-electron chi connectivity index (χ3n) is 12.7. The molecule has 0 amide bonds. The third kappa shape index (κ3) is 3.10. The predicted octanol–water partition coefficient (Wildman–Crippen LogP) is 8.80. The van der Waals surface area contributed by atoms with E-state index >= 15 is 0 Å². The molecule has 0 radical (unpaired) electrons. The molecule has 0 aromatic heterocycles. The van der Waals surface area contributed by atoms with Crippen LogP contribution >= 0.6 is 0 Å². The average Bonchev–Trinajstić information content (AvgIpc) is 2.74. The first kappa shape index (κ1) is 22.7. The van der Waals surface area contributed by atoms with E-state index in [1.807, 2.05) is 0 Å². The van der Waals surface area contributed by atoms with E-state index < -0.39 is 0 Å². The average molecular weight is 429 g/mol. The standard InChI is InChI=1S/C30H52O/c1-25(2)15-9-17-27(5)21(25)13-19-29(7)23(27)11-12-24-28(6)18-10-16-26(3,4)22(28)14-20-30(24,8)31-29/h21-24H,9-20H2,1-8H3/t21-,22-,23+,24+,27-,28-,29+,30+/m0/s1. The van der Waals surface area contributed by atoms with Gasteiger partial charge in [0.2, 0.25) is 0 Å². The zero-order chi connectivity index (χ0) is 22.5. The second-order valence-corrected chi connectivity index (χ2v) is 15.3. The van der Waals surface area contributed by atoms with E-state index in [0.29, 0.717) is 21.7 Å². The molecule has 0 aromatic carbocycles. The Labute approximate surface area is 193 Å². The molecular formula is C30H52O. The SMILES string of the molecule is CC1(C)CCC[C@]2(C)[C@H]3CC[C@@H]4[C@@]5(C)CCCC(C)(C)[C@@H]5CC[C@@]4(C)O[C@]3(C)CC[C@@H]12. The smallest absolute Gasteiger partial charge is 0.0695 e. The van der Waals surface area contributed by atoms with Gasteiger partial charge in [0, 0.05) is 0 Å². The summed E-state index contributed by atoms with van der Waals surface area (Å²) in [5, 5.41) is 0. The largest absolute Gasteiger partial charge is 0.369 e. The fraction of sp³-hybridized carbons (Fsp3) is 1.00. The molecule has 0 N–H and O–H groups in total. The molecule has 5 rings (SSSR count). The van der Waals surface area contributed by atoms with Gasteiger partial charge in [-0.1, -0.05) is 54.4 Å². The number of hydrogen-bond donors (Lipinski definition) is 0. The van der Waals surface area contributed by atoms with Crippen LogP contribution in [-0.4, -0.2) is 11.2 Å². The van der Waals surface area contributed by atoms with Crippen LogP contribution in [0.4, 0.5) is 0 Å². The Balaban J connectivity index is 1.52. The molecule has 0 aromatic rings. The van der Waals surface area contributed by atoms with Gasteiger partial charge in [0.25, 0.3) is 0 Å². The zero-order valence-electron chi connectivity index (χ0n) is 22.2. The molecule has 5 fully saturated rings. The lowest BCUT2D eigenvalue weighted by atomic mass is 9.44. The lowest BCUT2D eigenvalue weighted by molar-refractivity contribution is -0.262. The van der Waals surface area contributed by atoms with Crippen molar-refractivity contribution in [1.82, 2.24) is 0 Å². The Hall–Kier alpha value is -0.0400. The Kier molecular flexibility index (Phi) is 4.96. The first-order valence-electron chi connectivity index (χ1n) is 14.0. The van der Waals surface area contributed by atoms with Crippen molar-refractivity contribution in [2.24, 2.45) is 45.3 Å². The van der Waals surface area contributed by atoms with Gasteiger partial charge in [-0.3, -0.25) is 0 Å². The topological polar surface area (TPSA) is 9.23 Å². The zero-order valence-corrected chi connectivity index (χ0v) is 22.2. The van der Waals surface area contributed by atoms with Crippen molar-refractivity contribution in [2.45, 2.75) is 144 Å². The van der Waals surface area contributed by atoms with E-state index in [4.69, 9.17) is 4.74 Å². The van der Waals surface area contributed by atoms with Crippen LogP contribution in [0, 0.1) is 45.3 Å². The molecule has 5 aliphatic rings. The fourth-order valence-electron chi connectivity index (χ4n) is 11.6. The van der Waals surface area contributed by atoms with Crippen molar-refractivity contribution >= 4 is 0 Å². The minimum Gasteiger partial charge on any atom is -0.369 e. The molecule has 0 bridgehead atoms. The first-order chi connectivity index (χ1) is 14.3. The van der Waals surface area contributed by atoms with Gasteiger partial charge in [-0.25, -0.2) is 0 Å². The van der Waals surface area contributed by atoms with E-state index in [0.717, 1.165) is 23.7 Å². The van der Waals surface area contributed by atoms with Crippen LogP contribution in [0.3, 0.4) is 0 Å². The summed E-state index contributed by atoms with van der Waals surface area (Å²) in [4.78, 5) is 0. The van der Waals surface area contributed by atoms with Gasteiger partial charge in [-0.15, -0.1) is 0 Å². The summed E-state index contributed by atoms with van der Waals surface area (Å²) in [7, 11) is 0. The van der Waals surface area contributed by atoms with Crippen LogP contribution < -0.4 is 0 Å². The minimum atomic E-state index is 0.0789. The van der Waals surface area contributed by atoms with Gasteiger partial charge >= 0.3 is 0 Å². The summed E-state index contributed by atoms with van der Waals surface area (Å²) in [5.41, 5.74) is 2.09. The van der Waals surface area contributed by atoms with E-state index in [-0.39, 0.29) is 11.2 Å². The van der Waals surface area contributed by atoms with Crippen LogP contribution in [0.5, 0.6) is 0 Å². The maximum absolute atomic E-state index is 7.56. The van der Waals surface area contributed by atoms with E-state index in [1.165, 1.54) is 77.0 Å². The quantitative estimate of drug-likeness (QED) is 0.374. The van der Waals surface area contributed by atoms with Gasteiger partial charge in [-0.05, 0) is 123 Å². The lowest BCUT2D eigenvalue weighted by Gasteiger charge is -2.64. The van der Waals surface area contributed by atoms with Gasteiger partial charge in [0.15, 0.2) is 0 Å². The van der Waals surface area contributed by atoms with Crippen LogP contribution in [0.2, 0.25) is 0 Å². The molecule has 178 valence electrons. The number of fused-ring (bicyclic) bond motifs is 6. The molecule has 1 heterocycles. The van der Waals surface area contributed by atoms with Crippen LogP contribution in [0.15, 0.2) is 0 Å². The van der Waals surface area contributed by atoms with Crippen LogP contribution in [-0.2, 0) is 4.74 Å². The molecule has 1 nitrogen and oxygen atoms in total. The Morgan fingerprint density at radius 1 is 0.452 bits per heavy atom. The van der Waals surface area contributed by atoms with Crippen LogP contribution in [0.1, 0.15) is 132 Å². The highest BCUT2D eigenvalue weighted by Crippen LogP contribution is 2.69. The van der Waals surface area contributed by atoms with Gasteiger partial charge in [0.1, 0.15) is 0 Å². The number of ether oxygens (including phenoxy) is 1. The fourth-order valence-corrected chi connectivity index (χ4v) is 11.6. The van der Waals surface area contributed by atoms with Gasteiger partial charge in [-0.2, -0.15) is 0 Å². The minimum absolute atomic E-state index is 0.0789. The molecular weight excluding hydrogens is 376 g/mol. The van der Waals surface area contributed by atoms with Crippen molar-refractivity contribution in [3.05, 3.63) is 0 Å². The molecule has 4 aliphatic carbocycles. The van der Waals surface area contributed by atoms with Gasteiger partial charge in [0.05, 0.1) is 11.2 Å². The molecule has 1 saturated heterocycles. The van der Waals surface area contributed by atoms with Crippen LogP contribution in [0.25, 0.3) is 0 Å². The van der Waals surface area contributed by atoms with Crippen molar-refractivity contribution in [3.8, 4) is 0 Å². The highest BCUT2D eigenvalue weighted by molar-refractivity contribution is 5.14. The highest BCUT2D eigenvalue weighted by atomic mass is 16.5. The summed E-state index contributed by atoms with van der Waals surface area (Å²) in [6, 6.07) is 0. The lowest BCUT2D eigenvalue weighted by Crippen LogP contribution is -2.62. The summed E-state index contributed by atoms with van der Waals surface area (Å²) >= 11 is 0. The maximum Gasteiger partial charge on any atom is 0.0695 e. The van der Waals surface area contributed by atoms with E-state index in [9.17, 15) is 0 Å². The van der Waals surface area contributed by atoms with E-state index in [2.05, 4.69) is 55.4 Å². The third-order valence-corrected chi connectivity index (χ3v) is 12.7. The highest BCUT2D eigenvalue weighted by Gasteiger charge is 2.65. The molecule has 4 saturated carbocycles. The molecule has 0 unspecified atom stereocenters. The number of rotatable bonds is 0. The molecule has 31 heavy (non-hydrogen) atoms. The number of hydrogen-bond acceptors (Lipinski definition) is 1. The van der Waals surface area contributed by atoms with Crippen molar-refractivity contribution in [1.29, 1.82) is 0 Å². The van der Waals surface area contributed by atoms with Crippen molar-refractivity contribution in [3.63, 3.8) is 0 Å². The normalized spacial score (nSPS) is 55.7. The summed E-state index contributed by atoms with van der Waals surface area (Å²) < 4.78 is 7.56. The Morgan fingerprint density at radius 3 is 1.23 bits per heavy atom. The summed E-state index contributed by atoms with van der Waals surface area (Å²) in [6.45, 7) is 20.8. The van der Waals surface area contributed by atoms with E-state index in [1.54, 1.807) is 0 Å². The second-order valence-electron chi connectivity index (χ2n) is 15.3. The van der Waals surface area contributed by atoms with Gasteiger partial charge < -0.3 is 4.74 Å².